The summed E-state index contributed by atoms with van der Waals surface area (Å²) in [6.45, 7) is 2.72. The highest BCUT2D eigenvalue weighted by atomic mass is 16.5. The molecule has 0 aliphatic carbocycles. The first kappa shape index (κ1) is 14.8. The lowest BCUT2D eigenvalue weighted by molar-refractivity contribution is 0.102. The van der Waals surface area contributed by atoms with E-state index in [-0.39, 0.29) is 11.0 Å². The fourth-order valence-corrected chi connectivity index (χ4v) is 1.91. The van der Waals surface area contributed by atoms with Crippen molar-refractivity contribution in [3.63, 3.8) is 0 Å². The first-order chi connectivity index (χ1) is 10.2. The van der Waals surface area contributed by atoms with Crippen molar-refractivity contribution in [1.82, 2.24) is 4.98 Å². The highest BCUT2D eigenvalue weighted by molar-refractivity contribution is 6.04. The Morgan fingerprint density at radius 2 is 2.19 bits per heavy atom. The van der Waals surface area contributed by atoms with E-state index in [1.54, 1.807) is 18.2 Å². The SMILES string of the molecule is CCOc1ccc(NC(=O)c2c[nH]ccc2=O)cc1CN. The second kappa shape index (κ2) is 6.71. The van der Waals surface area contributed by atoms with Gasteiger partial charge in [-0.15, -0.1) is 0 Å². The zero-order valence-corrected chi connectivity index (χ0v) is 11.7. The lowest BCUT2D eigenvalue weighted by Crippen LogP contribution is -2.21. The van der Waals surface area contributed by atoms with Crippen LogP contribution in [0, 0.1) is 0 Å². The first-order valence-electron chi connectivity index (χ1n) is 6.60. The van der Waals surface area contributed by atoms with Gasteiger partial charge in [-0.05, 0) is 25.1 Å². The van der Waals surface area contributed by atoms with Crippen LogP contribution in [0.3, 0.4) is 0 Å². The number of aromatic amines is 1. The smallest absolute Gasteiger partial charge is 0.261 e. The second-order valence-electron chi connectivity index (χ2n) is 4.34. The lowest BCUT2D eigenvalue weighted by atomic mass is 10.1. The molecule has 0 atom stereocenters. The fraction of sp³-hybridized carbons (Fsp3) is 0.200. The van der Waals surface area contributed by atoms with Gasteiger partial charge in [-0.25, -0.2) is 0 Å². The Hall–Kier alpha value is -2.60. The number of amides is 1. The number of anilines is 1. The van der Waals surface area contributed by atoms with Gasteiger partial charge >= 0.3 is 0 Å². The van der Waals surface area contributed by atoms with Gasteiger partial charge in [0.25, 0.3) is 5.91 Å². The Morgan fingerprint density at radius 1 is 1.38 bits per heavy atom. The van der Waals surface area contributed by atoms with E-state index in [0.29, 0.717) is 24.6 Å². The summed E-state index contributed by atoms with van der Waals surface area (Å²) < 4.78 is 5.44. The molecule has 1 amide bonds. The molecule has 21 heavy (non-hydrogen) atoms. The zero-order valence-electron chi connectivity index (χ0n) is 11.7. The third kappa shape index (κ3) is 3.49. The second-order valence-corrected chi connectivity index (χ2v) is 4.34. The highest BCUT2D eigenvalue weighted by Gasteiger charge is 2.11. The third-order valence-electron chi connectivity index (χ3n) is 2.91. The van der Waals surface area contributed by atoms with Crippen LogP contribution in [-0.2, 0) is 6.54 Å². The Morgan fingerprint density at radius 3 is 2.86 bits per heavy atom. The molecule has 0 radical (unpaired) electrons. The van der Waals surface area contributed by atoms with E-state index in [9.17, 15) is 9.59 Å². The van der Waals surface area contributed by atoms with E-state index < -0.39 is 5.91 Å². The van der Waals surface area contributed by atoms with Crippen LogP contribution in [0.25, 0.3) is 0 Å². The van der Waals surface area contributed by atoms with Gasteiger partial charge in [0.2, 0.25) is 0 Å². The van der Waals surface area contributed by atoms with Crippen LogP contribution in [-0.4, -0.2) is 17.5 Å². The van der Waals surface area contributed by atoms with Crippen LogP contribution in [0.15, 0.2) is 41.5 Å². The van der Waals surface area contributed by atoms with Crippen molar-refractivity contribution in [2.75, 3.05) is 11.9 Å². The number of ether oxygens (including phenoxy) is 1. The Kier molecular flexibility index (Phi) is 4.73. The molecule has 4 N–H and O–H groups in total. The predicted octanol–water partition coefficient (Wildman–Crippen LogP) is 1.48. The van der Waals surface area contributed by atoms with Crippen molar-refractivity contribution < 1.29 is 9.53 Å². The number of hydrogen-bond acceptors (Lipinski definition) is 4. The number of nitrogens with two attached hydrogens (primary N) is 1. The molecular formula is C15H17N3O3. The van der Waals surface area contributed by atoms with Crippen molar-refractivity contribution in [3.8, 4) is 5.75 Å². The molecule has 1 aromatic heterocycles. The number of hydrogen-bond donors (Lipinski definition) is 3. The summed E-state index contributed by atoms with van der Waals surface area (Å²) in [6.07, 6.45) is 2.85. The minimum atomic E-state index is -0.469. The van der Waals surface area contributed by atoms with Gasteiger partial charge in [-0.3, -0.25) is 9.59 Å². The van der Waals surface area contributed by atoms with Crippen molar-refractivity contribution in [1.29, 1.82) is 0 Å². The summed E-state index contributed by atoms with van der Waals surface area (Å²) in [4.78, 5) is 26.4. The molecule has 2 aromatic rings. The van der Waals surface area contributed by atoms with E-state index in [4.69, 9.17) is 10.5 Å². The molecule has 2 rings (SSSR count). The number of carbonyl (C=O) groups is 1. The Balaban J connectivity index is 2.22. The van der Waals surface area contributed by atoms with Crippen molar-refractivity contribution in [3.05, 3.63) is 58.0 Å². The fourth-order valence-electron chi connectivity index (χ4n) is 1.91. The average Bonchev–Trinajstić information content (AvgIpc) is 2.49. The number of carbonyl (C=O) groups excluding carboxylic acids is 1. The molecule has 0 unspecified atom stereocenters. The molecule has 0 fully saturated rings. The van der Waals surface area contributed by atoms with E-state index in [2.05, 4.69) is 10.3 Å². The Labute approximate surface area is 121 Å². The summed E-state index contributed by atoms with van der Waals surface area (Å²) in [6, 6.07) is 6.49. The number of aromatic nitrogens is 1. The molecule has 0 aliphatic rings. The monoisotopic (exact) mass is 287 g/mol. The van der Waals surface area contributed by atoms with Crippen molar-refractivity contribution in [2.45, 2.75) is 13.5 Å². The summed E-state index contributed by atoms with van der Waals surface area (Å²) in [5.41, 5.74) is 6.74. The van der Waals surface area contributed by atoms with Crippen LogP contribution in [0.2, 0.25) is 0 Å². The summed E-state index contributed by atoms with van der Waals surface area (Å²) in [7, 11) is 0. The Bertz CT molecular complexity index is 695. The predicted molar refractivity (Wildman–Crippen MR) is 80.5 cm³/mol. The highest BCUT2D eigenvalue weighted by Crippen LogP contribution is 2.22. The number of pyridine rings is 1. The molecule has 0 saturated carbocycles. The van der Waals surface area contributed by atoms with E-state index >= 15 is 0 Å². The van der Waals surface area contributed by atoms with Crippen LogP contribution >= 0.6 is 0 Å². The van der Waals surface area contributed by atoms with Gasteiger partial charge < -0.3 is 20.8 Å². The molecule has 0 bridgehead atoms. The van der Waals surface area contributed by atoms with Gasteiger partial charge in [0, 0.05) is 36.3 Å². The summed E-state index contributed by atoms with van der Waals surface area (Å²) >= 11 is 0. The van der Waals surface area contributed by atoms with E-state index in [1.165, 1.54) is 18.5 Å². The van der Waals surface area contributed by atoms with E-state index in [0.717, 1.165) is 5.56 Å². The molecule has 0 aliphatic heterocycles. The minimum Gasteiger partial charge on any atom is -0.494 e. The van der Waals surface area contributed by atoms with Gasteiger partial charge in [0.05, 0.1) is 6.61 Å². The minimum absolute atomic E-state index is 0.0562. The van der Waals surface area contributed by atoms with Gasteiger partial charge in [0.1, 0.15) is 11.3 Å². The zero-order chi connectivity index (χ0) is 15.2. The van der Waals surface area contributed by atoms with Crippen molar-refractivity contribution in [2.24, 2.45) is 5.73 Å². The number of rotatable bonds is 5. The summed E-state index contributed by atoms with van der Waals surface area (Å²) in [5.74, 6) is 0.222. The summed E-state index contributed by atoms with van der Waals surface area (Å²) in [5, 5.41) is 2.67. The average molecular weight is 287 g/mol. The molecule has 6 heteroatoms. The molecule has 1 heterocycles. The topological polar surface area (TPSA) is 97.2 Å². The number of benzene rings is 1. The number of H-pyrrole nitrogens is 1. The quantitative estimate of drug-likeness (QED) is 0.776. The lowest BCUT2D eigenvalue weighted by Gasteiger charge is -2.11. The van der Waals surface area contributed by atoms with Gasteiger partial charge in [-0.1, -0.05) is 0 Å². The normalized spacial score (nSPS) is 10.2. The standard InChI is InChI=1S/C15H17N3O3/c1-2-21-14-4-3-11(7-10(14)8-16)18-15(20)12-9-17-6-5-13(12)19/h3-7,9H,2,8,16H2,1H3,(H,17,19)(H,18,20). The van der Waals surface area contributed by atoms with Crippen LogP contribution < -0.4 is 21.2 Å². The first-order valence-corrected chi connectivity index (χ1v) is 6.60. The number of nitrogens with one attached hydrogen (secondary N) is 2. The van der Waals surface area contributed by atoms with Crippen LogP contribution in [0.5, 0.6) is 5.75 Å². The molecule has 0 spiro atoms. The maximum absolute atomic E-state index is 12.1. The molecule has 1 aromatic carbocycles. The third-order valence-corrected chi connectivity index (χ3v) is 2.91. The van der Waals surface area contributed by atoms with Gasteiger partial charge in [0.15, 0.2) is 5.43 Å². The maximum Gasteiger partial charge on any atom is 0.261 e. The maximum atomic E-state index is 12.1. The molecule has 6 nitrogen and oxygen atoms in total. The largest absolute Gasteiger partial charge is 0.494 e. The van der Waals surface area contributed by atoms with Crippen molar-refractivity contribution >= 4 is 11.6 Å². The van der Waals surface area contributed by atoms with Crippen LogP contribution in [0.1, 0.15) is 22.8 Å². The van der Waals surface area contributed by atoms with Gasteiger partial charge in [-0.2, -0.15) is 0 Å². The van der Waals surface area contributed by atoms with Crippen LogP contribution in [0.4, 0.5) is 5.69 Å². The van der Waals surface area contributed by atoms with E-state index in [1.807, 2.05) is 6.92 Å². The molecule has 110 valence electrons. The molecular weight excluding hydrogens is 270 g/mol. The molecule has 0 saturated heterocycles.